The fourth-order valence-corrected chi connectivity index (χ4v) is 3.18. The van der Waals surface area contributed by atoms with E-state index in [0.29, 0.717) is 5.75 Å². The zero-order valence-corrected chi connectivity index (χ0v) is 11.5. The molecule has 1 heterocycles. The number of methoxy groups -OCH3 is 1. The van der Waals surface area contributed by atoms with E-state index >= 15 is 0 Å². The molecule has 6 heteroatoms. The summed E-state index contributed by atoms with van der Waals surface area (Å²) in [5.74, 6) is 0.686. The van der Waals surface area contributed by atoms with Gasteiger partial charge in [0, 0.05) is 5.41 Å². The van der Waals surface area contributed by atoms with Gasteiger partial charge in [0.1, 0.15) is 11.9 Å². The van der Waals surface area contributed by atoms with Crippen LogP contribution < -0.4 is 4.74 Å². The Balaban J connectivity index is 2.36. The van der Waals surface area contributed by atoms with Gasteiger partial charge in [-0.15, -0.1) is 0 Å². The molecular formula is C12H17O5P. The molecular weight excluding hydrogens is 255 g/mol. The second-order valence-corrected chi connectivity index (χ2v) is 6.40. The van der Waals surface area contributed by atoms with Crippen molar-refractivity contribution in [2.24, 2.45) is 5.41 Å². The smallest absolute Gasteiger partial charge is 0.472 e. The van der Waals surface area contributed by atoms with E-state index in [1.165, 1.54) is 0 Å². The van der Waals surface area contributed by atoms with E-state index in [4.69, 9.17) is 13.8 Å². The zero-order chi connectivity index (χ0) is 13.4. The Labute approximate surface area is 106 Å². The first-order valence-corrected chi connectivity index (χ1v) is 7.13. The number of phosphoric acid groups is 1. The Morgan fingerprint density at radius 2 is 2.22 bits per heavy atom. The number of hydrogen-bond donors (Lipinski definition) is 1. The van der Waals surface area contributed by atoms with E-state index in [2.05, 4.69) is 0 Å². The van der Waals surface area contributed by atoms with Crippen LogP contribution in [0.3, 0.4) is 0 Å². The van der Waals surface area contributed by atoms with Crippen LogP contribution in [0.15, 0.2) is 24.3 Å². The molecule has 0 aliphatic carbocycles. The van der Waals surface area contributed by atoms with Gasteiger partial charge in [0.05, 0.1) is 13.7 Å². The van der Waals surface area contributed by atoms with E-state index in [-0.39, 0.29) is 12.0 Å². The van der Waals surface area contributed by atoms with Crippen molar-refractivity contribution in [1.29, 1.82) is 0 Å². The van der Waals surface area contributed by atoms with Crippen LogP contribution in [0.5, 0.6) is 5.75 Å². The third-order valence-electron chi connectivity index (χ3n) is 2.94. The summed E-state index contributed by atoms with van der Waals surface area (Å²) in [4.78, 5) is 9.44. The molecule has 0 bridgehead atoms. The van der Waals surface area contributed by atoms with Gasteiger partial charge in [0.2, 0.25) is 0 Å². The Hall–Kier alpha value is -0.870. The third-order valence-corrected chi connectivity index (χ3v) is 3.88. The largest absolute Gasteiger partial charge is 0.497 e. The van der Waals surface area contributed by atoms with Crippen molar-refractivity contribution < 1.29 is 23.2 Å². The Bertz CT molecular complexity index is 485. The van der Waals surface area contributed by atoms with Crippen molar-refractivity contribution in [2.45, 2.75) is 20.0 Å². The first-order chi connectivity index (χ1) is 8.34. The summed E-state index contributed by atoms with van der Waals surface area (Å²) in [6.07, 6.45) is -0.503. The normalized spacial score (nSPS) is 31.0. The summed E-state index contributed by atoms with van der Waals surface area (Å²) in [5, 5.41) is 0. The van der Waals surface area contributed by atoms with Crippen LogP contribution >= 0.6 is 7.82 Å². The second kappa shape index (κ2) is 4.67. The first kappa shape index (κ1) is 13.6. The highest BCUT2D eigenvalue weighted by Crippen LogP contribution is 2.58. The lowest BCUT2D eigenvalue weighted by atomic mass is 9.83. The zero-order valence-electron chi connectivity index (χ0n) is 10.6. The second-order valence-electron chi connectivity index (χ2n) is 4.99. The lowest BCUT2D eigenvalue weighted by Gasteiger charge is -2.39. The molecule has 1 saturated heterocycles. The molecule has 0 aromatic heterocycles. The average Bonchev–Trinajstić information content (AvgIpc) is 2.33. The molecule has 0 spiro atoms. The van der Waals surface area contributed by atoms with Crippen LogP contribution in [0.25, 0.3) is 0 Å². The maximum atomic E-state index is 11.5. The van der Waals surface area contributed by atoms with Crippen molar-refractivity contribution in [1.82, 2.24) is 0 Å². The maximum absolute atomic E-state index is 11.5. The fourth-order valence-electron chi connectivity index (χ4n) is 1.95. The molecule has 0 amide bonds. The first-order valence-electron chi connectivity index (χ1n) is 5.64. The summed E-state index contributed by atoms with van der Waals surface area (Å²) in [6, 6.07) is 7.29. The Morgan fingerprint density at radius 1 is 1.50 bits per heavy atom. The van der Waals surface area contributed by atoms with E-state index < -0.39 is 13.9 Å². The molecule has 5 nitrogen and oxygen atoms in total. The molecule has 1 aromatic carbocycles. The number of phosphoric ester groups is 1. The van der Waals surface area contributed by atoms with Gasteiger partial charge in [-0.05, 0) is 17.7 Å². The predicted octanol–water partition coefficient (Wildman–Crippen LogP) is 2.91. The van der Waals surface area contributed by atoms with E-state index in [1.54, 1.807) is 13.2 Å². The SMILES string of the molecule is COc1cccc(C2OP(=O)(O)OCC2(C)C)c1. The maximum Gasteiger partial charge on any atom is 0.472 e. The summed E-state index contributed by atoms with van der Waals surface area (Å²) in [5.41, 5.74) is 0.417. The summed E-state index contributed by atoms with van der Waals surface area (Å²) >= 11 is 0. The van der Waals surface area contributed by atoms with Gasteiger partial charge in [-0.2, -0.15) is 0 Å². The number of benzene rings is 1. The van der Waals surface area contributed by atoms with E-state index in [0.717, 1.165) is 5.56 Å². The van der Waals surface area contributed by atoms with E-state index in [1.807, 2.05) is 32.0 Å². The number of hydrogen-bond acceptors (Lipinski definition) is 4. The summed E-state index contributed by atoms with van der Waals surface area (Å²) < 4.78 is 26.7. The predicted molar refractivity (Wildman–Crippen MR) is 66.4 cm³/mol. The highest BCUT2D eigenvalue weighted by atomic mass is 31.2. The molecule has 2 unspecified atom stereocenters. The third kappa shape index (κ3) is 2.75. The summed E-state index contributed by atoms with van der Waals surface area (Å²) in [7, 11) is -2.38. The minimum atomic E-state index is -3.95. The van der Waals surface area contributed by atoms with Crippen molar-refractivity contribution in [3.63, 3.8) is 0 Å². The van der Waals surface area contributed by atoms with Gasteiger partial charge in [-0.1, -0.05) is 26.0 Å². The highest BCUT2D eigenvalue weighted by molar-refractivity contribution is 7.47. The summed E-state index contributed by atoms with van der Waals surface area (Å²) in [6.45, 7) is 4.02. The van der Waals surface area contributed by atoms with E-state index in [9.17, 15) is 9.46 Å². The molecule has 0 radical (unpaired) electrons. The average molecular weight is 272 g/mol. The minimum Gasteiger partial charge on any atom is -0.497 e. The number of rotatable bonds is 2. The van der Waals surface area contributed by atoms with Crippen LogP contribution in [-0.2, 0) is 13.6 Å². The van der Waals surface area contributed by atoms with Gasteiger partial charge in [0.25, 0.3) is 0 Å². The molecule has 0 saturated carbocycles. The molecule has 1 aliphatic heterocycles. The van der Waals surface area contributed by atoms with Gasteiger partial charge in [-0.3, -0.25) is 9.05 Å². The van der Waals surface area contributed by atoms with Crippen molar-refractivity contribution in [2.75, 3.05) is 13.7 Å². The molecule has 1 aliphatic rings. The molecule has 100 valence electrons. The molecule has 1 aromatic rings. The van der Waals surface area contributed by atoms with Crippen LogP contribution in [0.1, 0.15) is 25.5 Å². The topological polar surface area (TPSA) is 65.0 Å². The van der Waals surface area contributed by atoms with Gasteiger partial charge in [0.15, 0.2) is 0 Å². The van der Waals surface area contributed by atoms with Gasteiger partial charge >= 0.3 is 7.82 Å². The Morgan fingerprint density at radius 3 is 2.89 bits per heavy atom. The quantitative estimate of drug-likeness (QED) is 0.838. The number of ether oxygens (including phenoxy) is 1. The van der Waals surface area contributed by atoms with Crippen LogP contribution in [0.4, 0.5) is 0 Å². The lowest BCUT2D eigenvalue weighted by molar-refractivity contribution is -0.0473. The fraction of sp³-hybridized carbons (Fsp3) is 0.500. The molecule has 2 atom stereocenters. The lowest BCUT2D eigenvalue weighted by Crippen LogP contribution is -2.33. The van der Waals surface area contributed by atoms with Gasteiger partial charge in [-0.25, -0.2) is 4.57 Å². The van der Waals surface area contributed by atoms with Crippen molar-refractivity contribution >= 4 is 7.82 Å². The van der Waals surface area contributed by atoms with Crippen molar-refractivity contribution in [3.05, 3.63) is 29.8 Å². The minimum absolute atomic E-state index is 0.169. The standard InChI is InChI=1S/C12H17O5P/c1-12(2)8-16-18(13,14)17-11(12)9-5-4-6-10(7-9)15-3/h4-7,11H,8H2,1-3H3,(H,13,14). The van der Waals surface area contributed by atoms with Crippen LogP contribution in [0, 0.1) is 5.41 Å². The Kier molecular flexibility index (Phi) is 3.52. The highest BCUT2D eigenvalue weighted by Gasteiger charge is 2.44. The monoisotopic (exact) mass is 272 g/mol. The van der Waals surface area contributed by atoms with Gasteiger partial charge < -0.3 is 9.63 Å². The molecule has 1 N–H and O–H groups in total. The molecule has 2 rings (SSSR count). The van der Waals surface area contributed by atoms with Crippen molar-refractivity contribution in [3.8, 4) is 5.75 Å². The molecule has 1 fully saturated rings. The molecule has 18 heavy (non-hydrogen) atoms. The van der Waals surface area contributed by atoms with Crippen LogP contribution in [-0.4, -0.2) is 18.6 Å². The van der Waals surface area contributed by atoms with Crippen LogP contribution in [0.2, 0.25) is 0 Å².